The van der Waals surface area contributed by atoms with E-state index in [9.17, 15) is 19.2 Å². The molecule has 0 spiro atoms. The molecule has 1 saturated carbocycles. The molecule has 8 heteroatoms. The molecule has 1 heterocycles. The lowest BCUT2D eigenvalue weighted by molar-refractivity contribution is -0.151. The van der Waals surface area contributed by atoms with Crippen LogP contribution in [0.25, 0.3) is 0 Å². The Morgan fingerprint density at radius 1 is 1.21 bits per heavy atom. The molecule has 8 nitrogen and oxygen atoms in total. The van der Waals surface area contributed by atoms with Crippen LogP contribution in [0, 0.1) is 12.8 Å². The van der Waals surface area contributed by atoms with Crippen molar-refractivity contribution in [3.63, 3.8) is 0 Å². The van der Waals surface area contributed by atoms with Gasteiger partial charge in [0.25, 0.3) is 5.91 Å². The summed E-state index contributed by atoms with van der Waals surface area (Å²) in [5.41, 5.74) is 1.50. The van der Waals surface area contributed by atoms with Crippen molar-refractivity contribution in [3.8, 4) is 0 Å². The van der Waals surface area contributed by atoms with Crippen molar-refractivity contribution in [1.82, 2.24) is 4.90 Å². The van der Waals surface area contributed by atoms with E-state index in [1.807, 2.05) is 0 Å². The smallest absolute Gasteiger partial charge is 0.337 e. The number of esters is 2. The Hall–Kier alpha value is -2.90. The number of amides is 2. The first-order chi connectivity index (χ1) is 13.9. The van der Waals surface area contributed by atoms with E-state index in [2.05, 4.69) is 10.1 Å². The van der Waals surface area contributed by atoms with Crippen molar-refractivity contribution in [2.75, 3.05) is 25.6 Å². The maximum absolute atomic E-state index is 12.3. The largest absolute Gasteiger partial charge is 0.465 e. The molecule has 0 aromatic heterocycles. The Morgan fingerprint density at radius 2 is 1.93 bits per heavy atom. The SMILES string of the molecule is COC(=O)c1ccc(C)c(NC(=O)COC(=O)[C@@H]2CC(=O)N(C3CCCC3)C2)c1. The van der Waals surface area contributed by atoms with Gasteiger partial charge in [-0.3, -0.25) is 14.4 Å². The van der Waals surface area contributed by atoms with Crippen LogP contribution >= 0.6 is 0 Å². The summed E-state index contributed by atoms with van der Waals surface area (Å²) in [5, 5.41) is 2.64. The highest BCUT2D eigenvalue weighted by atomic mass is 16.5. The minimum Gasteiger partial charge on any atom is -0.465 e. The first-order valence-corrected chi connectivity index (χ1v) is 9.84. The predicted octanol–water partition coefficient (Wildman–Crippen LogP) is 2.05. The van der Waals surface area contributed by atoms with E-state index in [1.165, 1.54) is 13.2 Å². The summed E-state index contributed by atoms with van der Waals surface area (Å²) in [4.78, 5) is 50.1. The van der Waals surface area contributed by atoms with Gasteiger partial charge in [0.1, 0.15) is 0 Å². The van der Waals surface area contributed by atoms with Gasteiger partial charge in [-0.15, -0.1) is 0 Å². The van der Waals surface area contributed by atoms with E-state index in [0.29, 0.717) is 17.8 Å². The number of carbonyl (C=O) groups is 4. The molecule has 2 fully saturated rings. The molecule has 156 valence electrons. The van der Waals surface area contributed by atoms with Gasteiger partial charge in [0, 0.05) is 24.7 Å². The third kappa shape index (κ3) is 4.93. The van der Waals surface area contributed by atoms with E-state index in [0.717, 1.165) is 31.2 Å². The number of benzene rings is 1. The molecular weight excluding hydrogens is 376 g/mol. The standard InChI is InChI=1S/C21H26N2O6/c1-13-7-8-14(20(26)28-2)9-17(13)22-18(24)12-29-21(27)15-10-19(25)23(11-15)16-5-3-4-6-16/h7-9,15-16H,3-6,10-12H2,1-2H3,(H,22,24)/t15-/m1/s1. The van der Waals surface area contributed by atoms with E-state index in [-0.39, 0.29) is 18.4 Å². The van der Waals surface area contributed by atoms with Crippen molar-refractivity contribution >= 4 is 29.4 Å². The van der Waals surface area contributed by atoms with Gasteiger partial charge in [-0.25, -0.2) is 4.79 Å². The fourth-order valence-electron chi connectivity index (χ4n) is 3.90. The van der Waals surface area contributed by atoms with Crippen molar-refractivity contribution in [2.24, 2.45) is 5.92 Å². The maximum Gasteiger partial charge on any atom is 0.337 e. The Labute approximate surface area is 169 Å². The number of hydrogen-bond acceptors (Lipinski definition) is 6. The first-order valence-electron chi connectivity index (χ1n) is 9.84. The quantitative estimate of drug-likeness (QED) is 0.731. The highest BCUT2D eigenvalue weighted by molar-refractivity contribution is 5.96. The van der Waals surface area contributed by atoms with Gasteiger partial charge in [0.05, 0.1) is 18.6 Å². The first kappa shape index (κ1) is 20.8. The van der Waals surface area contributed by atoms with Gasteiger partial charge < -0.3 is 19.7 Å². The van der Waals surface area contributed by atoms with E-state index in [4.69, 9.17) is 4.74 Å². The number of rotatable bonds is 6. The summed E-state index contributed by atoms with van der Waals surface area (Å²) in [6, 6.07) is 5.03. The summed E-state index contributed by atoms with van der Waals surface area (Å²) in [7, 11) is 1.28. The van der Waals surface area contributed by atoms with E-state index in [1.54, 1.807) is 24.0 Å². The van der Waals surface area contributed by atoms with Crippen LogP contribution in [-0.4, -0.2) is 55.0 Å². The van der Waals surface area contributed by atoms with Crippen molar-refractivity contribution < 1.29 is 28.7 Å². The molecule has 3 rings (SSSR count). The minimum atomic E-state index is -0.533. The number of aryl methyl sites for hydroxylation is 1. The number of nitrogens with one attached hydrogen (secondary N) is 1. The molecule has 2 amide bonds. The maximum atomic E-state index is 12.3. The highest BCUT2D eigenvalue weighted by Crippen LogP contribution is 2.29. The third-order valence-corrected chi connectivity index (χ3v) is 5.54. The van der Waals surface area contributed by atoms with Crippen LogP contribution in [-0.2, 0) is 23.9 Å². The number of hydrogen-bond donors (Lipinski definition) is 1. The van der Waals surface area contributed by atoms with Crippen LogP contribution < -0.4 is 5.32 Å². The second kappa shape index (κ2) is 9.07. The van der Waals surface area contributed by atoms with Crippen LogP contribution in [0.15, 0.2) is 18.2 Å². The average Bonchev–Trinajstić information content (AvgIpc) is 3.36. The van der Waals surface area contributed by atoms with Gasteiger partial charge >= 0.3 is 11.9 Å². The molecule has 1 atom stereocenters. The second-order valence-electron chi connectivity index (χ2n) is 7.56. The molecule has 1 aromatic carbocycles. The fraction of sp³-hybridized carbons (Fsp3) is 0.524. The lowest BCUT2D eigenvalue weighted by Gasteiger charge is -2.23. The molecule has 1 aliphatic heterocycles. The Morgan fingerprint density at radius 3 is 2.62 bits per heavy atom. The number of ether oxygens (including phenoxy) is 2. The number of carbonyl (C=O) groups excluding carboxylic acids is 4. The Bertz CT molecular complexity index is 815. The third-order valence-electron chi connectivity index (χ3n) is 5.54. The zero-order valence-electron chi connectivity index (χ0n) is 16.7. The lowest BCUT2D eigenvalue weighted by Crippen LogP contribution is -2.35. The molecule has 1 saturated heterocycles. The minimum absolute atomic E-state index is 0.0152. The summed E-state index contributed by atoms with van der Waals surface area (Å²) >= 11 is 0. The molecule has 29 heavy (non-hydrogen) atoms. The summed E-state index contributed by atoms with van der Waals surface area (Å²) in [5.74, 6) is -2.10. The van der Waals surface area contributed by atoms with Gasteiger partial charge in [0.15, 0.2) is 6.61 Å². The molecule has 0 unspecified atom stereocenters. The van der Waals surface area contributed by atoms with Crippen LogP contribution in [0.4, 0.5) is 5.69 Å². The van der Waals surface area contributed by atoms with Crippen LogP contribution in [0.5, 0.6) is 0 Å². The Balaban J connectivity index is 1.51. The molecule has 1 N–H and O–H groups in total. The number of nitrogens with zero attached hydrogens (tertiary/aromatic N) is 1. The summed E-state index contributed by atoms with van der Waals surface area (Å²) in [6.45, 7) is 1.70. The predicted molar refractivity (Wildman–Crippen MR) is 104 cm³/mol. The average molecular weight is 402 g/mol. The number of likely N-dealkylation sites (tertiary alicyclic amines) is 1. The summed E-state index contributed by atoms with van der Waals surface area (Å²) in [6.07, 6.45) is 4.33. The van der Waals surface area contributed by atoms with E-state index >= 15 is 0 Å². The monoisotopic (exact) mass is 402 g/mol. The van der Waals surface area contributed by atoms with Crippen molar-refractivity contribution in [2.45, 2.75) is 45.1 Å². The van der Waals surface area contributed by atoms with Crippen LogP contribution in [0.3, 0.4) is 0 Å². The van der Waals surface area contributed by atoms with Gasteiger partial charge in [-0.1, -0.05) is 18.9 Å². The highest BCUT2D eigenvalue weighted by Gasteiger charge is 2.39. The normalized spacial score (nSPS) is 19.3. The topological polar surface area (TPSA) is 102 Å². The Kier molecular flexibility index (Phi) is 6.51. The molecule has 1 aromatic rings. The van der Waals surface area contributed by atoms with Gasteiger partial charge in [-0.2, -0.15) is 0 Å². The number of anilines is 1. The zero-order valence-corrected chi connectivity index (χ0v) is 16.7. The molecule has 1 aliphatic carbocycles. The second-order valence-corrected chi connectivity index (χ2v) is 7.56. The van der Waals surface area contributed by atoms with Crippen LogP contribution in [0.2, 0.25) is 0 Å². The summed E-state index contributed by atoms with van der Waals surface area (Å²) < 4.78 is 9.81. The van der Waals surface area contributed by atoms with Crippen molar-refractivity contribution in [1.29, 1.82) is 0 Å². The lowest BCUT2D eigenvalue weighted by atomic mass is 10.1. The molecule has 0 bridgehead atoms. The molecular formula is C21H26N2O6. The van der Waals surface area contributed by atoms with Crippen LogP contribution in [0.1, 0.15) is 48.0 Å². The molecule has 2 aliphatic rings. The zero-order chi connectivity index (χ0) is 21.0. The van der Waals surface area contributed by atoms with E-state index < -0.39 is 30.4 Å². The fourth-order valence-corrected chi connectivity index (χ4v) is 3.90. The molecule has 0 radical (unpaired) electrons. The van der Waals surface area contributed by atoms with Crippen molar-refractivity contribution in [3.05, 3.63) is 29.3 Å². The van der Waals surface area contributed by atoms with Gasteiger partial charge in [-0.05, 0) is 37.5 Å². The number of methoxy groups -OCH3 is 1. The van der Waals surface area contributed by atoms with Gasteiger partial charge in [0.2, 0.25) is 5.91 Å².